The van der Waals surface area contributed by atoms with Crippen LogP contribution >= 0.6 is 12.4 Å². The van der Waals surface area contributed by atoms with Crippen LogP contribution in [-0.4, -0.2) is 25.0 Å². The number of benzene rings is 1. The molecule has 2 fully saturated rings. The molecule has 140 valence electrons. The first-order valence-corrected chi connectivity index (χ1v) is 8.68. The van der Waals surface area contributed by atoms with Crippen molar-refractivity contribution in [1.82, 2.24) is 10.6 Å². The molecular weight excluding hydrogens is 353 g/mol. The van der Waals surface area contributed by atoms with Gasteiger partial charge in [0.2, 0.25) is 0 Å². The van der Waals surface area contributed by atoms with Crippen LogP contribution in [0.5, 0.6) is 0 Å². The zero-order chi connectivity index (χ0) is 17.2. The molecule has 1 aliphatic carbocycles. The number of carbonyl (C=O) groups excluding carboxylic acids is 1. The zero-order valence-electron chi connectivity index (χ0n) is 14.0. The Hall–Kier alpha value is -1.27. The summed E-state index contributed by atoms with van der Waals surface area (Å²) in [7, 11) is 0. The lowest BCUT2D eigenvalue weighted by molar-refractivity contribution is -0.138. The second-order valence-electron chi connectivity index (χ2n) is 6.78. The highest BCUT2D eigenvalue weighted by atomic mass is 35.5. The second kappa shape index (κ2) is 8.41. The molecule has 1 amide bonds. The van der Waals surface area contributed by atoms with Crippen molar-refractivity contribution >= 4 is 18.3 Å². The molecule has 2 N–H and O–H groups in total. The van der Waals surface area contributed by atoms with Gasteiger partial charge in [-0.1, -0.05) is 12.8 Å². The van der Waals surface area contributed by atoms with E-state index in [9.17, 15) is 18.0 Å². The van der Waals surface area contributed by atoms with Crippen LogP contribution in [0.2, 0.25) is 0 Å². The molecule has 0 radical (unpaired) electrons. The summed E-state index contributed by atoms with van der Waals surface area (Å²) in [5.74, 6) is -0.409. The highest BCUT2D eigenvalue weighted by Gasteiger charge is 2.36. The number of piperidine rings is 1. The maximum Gasteiger partial charge on any atom is 0.416 e. The summed E-state index contributed by atoms with van der Waals surface area (Å²) < 4.78 is 40.0. The Morgan fingerprint density at radius 3 is 2.32 bits per heavy atom. The molecule has 0 unspecified atom stereocenters. The maximum atomic E-state index is 13.3. The lowest BCUT2D eigenvalue weighted by Gasteiger charge is -2.26. The summed E-state index contributed by atoms with van der Waals surface area (Å²) in [5, 5.41) is 6.12. The molecule has 0 spiro atoms. The fourth-order valence-electron chi connectivity index (χ4n) is 3.77. The number of carbonyl (C=O) groups is 1. The molecule has 1 aromatic rings. The van der Waals surface area contributed by atoms with Gasteiger partial charge in [0.05, 0.1) is 5.56 Å². The highest BCUT2D eigenvalue weighted by Crippen LogP contribution is 2.38. The summed E-state index contributed by atoms with van der Waals surface area (Å²) in [4.78, 5) is 12.4. The molecule has 3 rings (SSSR count). The Balaban J connectivity index is 0.00000225. The number of nitrogens with one attached hydrogen (secondary N) is 2. The largest absolute Gasteiger partial charge is 0.416 e. The third-order valence-corrected chi connectivity index (χ3v) is 5.09. The highest BCUT2D eigenvalue weighted by molar-refractivity contribution is 5.94. The molecule has 25 heavy (non-hydrogen) atoms. The molecule has 0 atom stereocenters. The summed E-state index contributed by atoms with van der Waals surface area (Å²) in [6, 6.07) is 3.99. The standard InChI is InChI=1S/C18H23F3N2O.ClH/c19-18(20,21)16-6-5-13(17(24)23-14-3-1-2-4-14)11-15(16)12-7-9-22-10-8-12;/h5-6,11-12,14,22H,1-4,7-10H2,(H,23,24);1H. The van der Waals surface area contributed by atoms with Gasteiger partial charge < -0.3 is 10.6 Å². The topological polar surface area (TPSA) is 41.1 Å². The fraction of sp³-hybridized carbons (Fsp3) is 0.611. The Morgan fingerprint density at radius 1 is 1.08 bits per heavy atom. The van der Waals surface area contributed by atoms with Crippen LogP contribution in [0.1, 0.15) is 65.9 Å². The van der Waals surface area contributed by atoms with Crippen molar-refractivity contribution in [3.05, 3.63) is 34.9 Å². The first-order valence-electron chi connectivity index (χ1n) is 8.68. The summed E-state index contributed by atoms with van der Waals surface area (Å²) in [5.41, 5.74) is -0.00155. The lowest BCUT2D eigenvalue weighted by Crippen LogP contribution is -2.33. The predicted octanol–water partition coefficient (Wildman–Crippen LogP) is 4.27. The van der Waals surface area contributed by atoms with Gasteiger partial charge in [0, 0.05) is 11.6 Å². The zero-order valence-corrected chi connectivity index (χ0v) is 14.8. The monoisotopic (exact) mass is 376 g/mol. The number of alkyl halides is 3. The third-order valence-electron chi connectivity index (χ3n) is 5.09. The van der Waals surface area contributed by atoms with Gasteiger partial charge in [0.25, 0.3) is 5.91 Å². The van der Waals surface area contributed by atoms with Gasteiger partial charge in [-0.15, -0.1) is 12.4 Å². The SMILES string of the molecule is Cl.O=C(NC1CCCC1)c1ccc(C(F)(F)F)c(C2CCNCC2)c1. The van der Waals surface area contributed by atoms with E-state index < -0.39 is 11.7 Å². The van der Waals surface area contributed by atoms with E-state index in [1.54, 1.807) is 0 Å². The van der Waals surface area contributed by atoms with E-state index in [4.69, 9.17) is 0 Å². The molecule has 1 aromatic carbocycles. The quantitative estimate of drug-likeness (QED) is 0.827. The number of hydrogen-bond acceptors (Lipinski definition) is 2. The average molecular weight is 377 g/mol. The van der Waals surface area contributed by atoms with Gasteiger partial charge in [-0.3, -0.25) is 4.79 Å². The first kappa shape index (κ1) is 20.0. The van der Waals surface area contributed by atoms with Crippen molar-refractivity contribution in [2.75, 3.05) is 13.1 Å². The van der Waals surface area contributed by atoms with Gasteiger partial charge in [0.15, 0.2) is 0 Å². The predicted molar refractivity (Wildman–Crippen MR) is 93.3 cm³/mol. The molecule has 1 aliphatic heterocycles. The van der Waals surface area contributed by atoms with Crippen LogP contribution in [0.4, 0.5) is 13.2 Å². The molecular formula is C18H24ClF3N2O. The summed E-state index contributed by atoms with van der Waals surface area (Å²) >= 11 is 0. The Kier molecular flexibility index (Phi) is 6.74. The van der Waals surface area contributed by atoms with E-state index in [0.717, 1.165) is 31.7 Å². The summed E-state index contributed by atoms with van der Waals surface area (Å²) in [6.07, 6.45) is 1.03. The van der Waals surface area contributed by atoms with E-state index in [2.05, 4.69) is 10.6 Å². The minimum absolute atomic E-state index is 0. The van der Waals surface area contributed by atoms with Crippen molar-refractivity contribution in [3.63, 3.8) is 0 Å². The number of halogens is 4. The van der Waals surface area contributed by atoms with Crippen molar-refractivity contribution < 1.29 is 18.0 Å². The van der Waals surface area contributed by atoms with Crippen LogP contribution in [-0.2, 0) is 6.18 Å². The molecule has 0 bridgehead atoms. The smallest absolute Gasteiger partial charge is 0.349 e. The van der Waals surface area contributed by atoms with Gasteiger partial charge in [0.1, 0.15) is 0 Å². The van der Waals surface area contributed by atoms with Gasteiger partial charge in [-0.25, -0.2) is 0 Å². The lowest BCUT2D eigenvalue weighted by atomic mass is 9.85. The summed E-state index contributed by atoms with van der Waals surface area (Å²) in [6.45, 7) is 1.42. The average Bonchev–Trinajstić information content (AvgIpc) is 3.07. The van der Waals surface area contributed by atoms with Gasteiger partial charge in [-0.05, 0) is 68.5 Å². The molecule has 1 saturated carbocycles. The van der Waals surface area contributed by atoms with Crippen LogP contribution in [0.25, 0.3) is 0 Å². The number of hydrogen-bond donors (Lipinski definition) is 2. The first-order chi connectivity index (χ1) is 11.4. The van der Waals surface area contributed by atoms with Crippen LogP contribution in [0.15, 0.2) is 18.2 Å². The molecule has 1 saturated heterocycles. The normalized spacial score (nSPS) is 19.5. The Labute approximate surface area is 152 Å². The van der Waals surface area contributed by atoms with Crippen molar-refractivity contribution in [3.8, 4) is 0 Å². The third kappa shape index (κ3) is 4.88. The van der Waals surface area contributed by atoms with E-state index in [-0.39, 0.29) is 35.8 Å². The van der Waals surface area contributed by atoms with Crippen molar-refractivity contribution in [2.24, 2.45) is 0 Å². The molecule has 2 aliphatic rings. The molecule has 3 nitrogen and oxygen atoms in total. The van der Waals surface area contributed by atoms with Crippen molar-refractivity contribution in [2.45, 2.75) is 56.7 Å². The minimum Gasteiger partial charge on any atom is -0.349 e. The van der Waals surface area contributed by atoms with E-state index in [1.807, 2.05) is 0 Å². The van der Waals surface area contributed by atoms with Crippen LogP contribution in [0, 0.1) is 0 Å². The van der Waals surface area contributed by atoms with Crippen LogP contribution < -0.4 is 10.6 Å². The van der Waals surface area contributed by atoms with Gasteiger partial charge >= 0.3 is 6.18 Å². The second-order valence-corrected chi connectivity index (χ2v) is 6.78. The van der Waals surface area contributed by atoms with Gasteiger partial charge in [-0.2, -0.15) is 13.2 Å². The molecule has 1 heterocycles. The number of rotatable bonds is 3. The van der Waals surface area contributed by atoms with E-state index in [1.165, 1.54) is 12.1 Å². The molecule has 7 heteroatoms. The van der Waals surface area contributed by atoms with E-state index >= 15 is 0 Å². The molecule has 0 aromatic heterocycles. The minimum atomic E-state index is -4.39. The van der Waals surface area contributed by atoms with Crippen molar-refractivity contribution in [1.29, 1.82) is 0 Å². The Morgan fingerprint density at radius 2 is 1.72 bits per heavy atom. The fourth-order valence-corrected chi connectivity index (χ4v) is 3.77. The van der Waals surface area contributed by atoms with E-state index in [0.29, 0.717) is 31.5 Å². The number of amides is 1. The Bertz CT molecular complexity index is 594. The maximum absolute atomic E-state index is 13.3. The van der Waals surface area contributed by atoms with Crippen LogP contribution in [0.3, 0.4) is 0 Å².